The maximum Gasteiger partial charge on any atom is 0.321 e. The summed E-state index contributed by atoms with van der Waals surface area (Å²) in [5.74, 6) is 0.807. The van der Waals surface area contributed by atoms with Gasteiger partial charge in [0.2, 0.25) is 0 Å². The predicted molar refractivity (Wildman–Crippen MR) is 102 cm³/mol. The highest BCUT2D eigenvalue weighted by atomic mass is 16.5. The molecule has 0 saturated carbocycles. The van der Waals surface area contributed by atoms with Gasteiger partial charge in [-0.05, 0) is 49.7 Å². The van der Waals surface area contributed by atoms with Crippen molar-refractivity contribution in [1.29, 1.82) is 0 Å². The highest BCUT2D eigenvalue weighted by Gasteiger charge is 2.21. The molecule has 1 aromatic heterocycles. The van der Waals surface area contributed by atoms with Crippen molar-refractivity contribution in [3.8, 4) is 5.75 Å². The lowest BCUT2D eigenvalue weighted by atomic mass is 10.2. The molecule has 3 rings (SSSR count). The van der Waals surface area contributed by atoms with Crippen LogP contribution in [0.3, 0.4) is 0 Å². The highest BCUT2D eigenvalue weighted by Crippen LogP contribution is 2.17. The maximum absolute atomic E-state index is 12.5. The number of ether oxygens (including phenoxy) is 1. The molecule has 1 aliphatic heterocycles. The van der Waals surface area contributed by atoms with Gasteiger partial charge in [-0.25, -0.2) is 4.79 Å². The van der Waals surface area contributed by atoms with Crippen molar-refractivity contribution in [2.45, 2.75) is 26.5 Å². The highest BCUT2D eigenvalue weighted by molar-refractivity contribution is 5.89. The van der Waals surface area contributed by atoms with Crippen LogP contribution in [-0.4, -0.2) is 53.1 Å². The summed E-state index contributed by atoms with van der Waals surface area (Å²) in [5, 5.41) is 2.96. The average Bonchev–Trinajstić information content (AvgIpc) is 2.64. The van der Waals surface area contributed by atoms with Crippen LogP contribution >= 0.6 is 0 Å². The van der Waals surface area contributed by atoms with Crippen LogP contribution < -0.4 is 10.1 Å². The molecule has 0 radical (unpaired) electrons. The number of piperazine rings is 1. The third kappa shape index (κ3) is 5.20. The number of amides is 2. The smallest absolute Gasteiger partial charge is 0.321 e. The Morgan fingerprint density at radius 2 is 1.88 bits per heavy atom. The topological polar surface area (TPSA) is 57.7 Å². The van der Waals surface area contributed by atoms with Gasteiger partial charge in [-0.15, -0.1) is 0 Å². The number of carbonyl (C=O) groups is 1. The van der Waals surface area contributed by atoms with Crippen LogP contribution in [0.5, 0.6) is 5.75 Å². The van der Waals surface area contributed by atoms with Gasteiger partial charge in [0.1, 0.15) is 5.75 Å². The van der Waals surface area contributed by atoms with Crippen molar-refractivity contribution < 1.29 is 9.53 Å². The Balaban J connectivity index is 1.46. The monoisotopic (exact) mass is 354 g/mol. The Hall–Kier alpha value is -2.60. The summed E-state index contributed by atoms with van der Waals surface area (Å²) in [7, 11) is 0. The Kier molecular flexibility index (Phi) is 6.07. The van der Waals surface area contributed by atoms with Gasteiger partial charge >= 0.3 is 6.03 Å². The molecule has 1 aromatic carbocycles. The second-order valence-electron chi connectivity index (χ2n) is 6.75. The van der Waals surface area contributed by atoms with E-state index in [0.717, 1.165) is 44.2 Å². The zero-order chi connectivity index (χ0) is 18.4. The van der Waals surface area contributed by atoms with Crippen molar-refractivity contribution >= 4 is 11.7 Å². The van der Waals surface area contributed by atoms with E-state index in [0.29, 0.717) is 0 Å². The molecule has 1 fully saturated rings. The first-order valence-electron chi connectivity index (χ1n) is 9.04. The fourth-order valence-electron chi connectivity index (χ4n) is 2.95. The Labute approximate surface area is 154 Å². The van der Waals surface area contributed by atoms with Gasteiger partial charge < -0.3 is 15.0 Å². The molecule has 0 bridgehead atoms. The molecule has 0 spiro atoms. The van der Waals surface area contributed by atoms with E-state index in [1.165, 1.54) is 5.56 Å². The van der Waals surface area contributed by atoms with E-state index in [2.05, 4.69) is 21.3 Å². The normalized spacial score (nSPS) is 15.1. The fraction of sp³-hybridized carbons (Fsp3) is 0.400. The number of rotatable bonds is 5. The second-order valence-corrected chi connectivity index (χ2v) is 6.75. The molecule has 138 valence electrons. The summed E-state index contributed by atoms with van der Waals surface area (Å²) < 4.78 is 5.62. The zero-order valence-corrected chi connectivity index (χ0v) is 15.4. The predicted octanol–water partition coefficient (Wildman–Crippen LogP) is 3.22. The average molecular weight is 354 g/mol. The van der Waals surface area contributed by atoms with Crippen molar-refractivity contribution in [3.63, 3.8) is 0 Å². The molecule has 1 N–H and O–H groups in total. The van der Waals surface area contributed by atoms with Crippen LogP contribution in [0.4, 0.5) is 10.5 Å². The molecule has 2 aromatic rings. The van der Waals surface area contributed by atoms with E-state index in [1.54, 1.807) is 6.20 Å². The molecule has 2 heterocycles. The first-order chi connectivity index (χ1) is 12.6. The number of nitrogens with zero attached hydrogens (tertiary/aromatic N) is 3. The van der Waals surface area contributed by atoms with Crippen LogP contribution in [0.25, 0.3) is 0 Å². The lowest BCUT2D eigenvalue weighted by molar-refractivity contribution is 0.143. The van der Waals surface area contributed by atoms with Crippen molar-refractivity contribution in [3.05, 3.63) is 54.4 Å². The van der Waals surface area contributed by atoms with E-state index in [4.69, 9.17) is 4.74 Å². The number of nitrogens with one attached hydrogen (secondary N) is 1. The Morgan fingerprint density at radius 3 is 2.50 bits per heavy atom. The summed E-state index contributed by atoms with van der Waals surface area (Å²) in [5.41, 5.74) is 1.98. The SMILES string of the molecule is CC(C)Oc1ccc(NC(=O)N2CCN(Cc3cccnc3)CC2)cc1. The van der Waals surface area contributed by atoms with Crippen LogP contribution in [0.2, 0.25) is 0 Å². The first-order valence-corrected chi connectivity index (χ1v) is 9.04. The van der Waals surface area contributed by atoms with E-state index in [1.807, 2.05) is 55.3 Å². The summed E-state index contributed by atoms with van der Waals surface area (Å²) in [6.07, 6.45) is 3.82. The first kappa shape index (κ1) is 18.2. The van der Waals surface area contributed by atoms with Crippen LogP contribution in [0, 0.1) is 0 Å². The number of anilines is 1. The number of hydrogen-bond acceptors (Lipinski definition) is 4. The largest absolute Gasteiger partial charge is 0.491 e. The lowest BCUT2D eigenvalue weighted by Gasteiger charge is -2.34. The molecule has 1 saturated heterocycles. The number of hydrogen-bond donors (Lipinski definition) is 1. The Morgan fingerprint density at radius 1 is 1.15 bits per heavy atom. The summed E-state index contributed by atoms with van der Waals surface area (Å²) >= 11 is 0. The van der Waals surface area contributed by atoms with Crippen LogP contribution in [0.1, 0.15) is 19.4 Å². The van der Waals surface area contributed by atoms with E-state index in [9.17, 15) is 4.79 Å². The summed E-state index contributed by atoms with van der Waals surface area (Å²) in [6, 6.07) is 11.5. The van der Waals surface area contributed by atoms with Gasteiger partial charge in [0, 0.05) is 50.8 Å². The fourth-order valence-corrected chi connectivity index (χ4v) is 2.95. The van der Waals surface area contributed by atoms with Gasteiger partial charge in [-0.2, -0.15) is 0 Å². The number of urea groups is 1. The number of benzene rings is 1. The molecule has 6 nitrogen and oxygen atoms in total. The zero-order valence-electron chi connectivity index (χ0n) is 15.4. The maximum atomic E-state index is 12.5. The van der Waals surface area contributed by atoms with Gasteiger partial charge in [-0.3, -0.25) is 9.88 Å². The van der Waals surface area contributed by atoms with Crippen molar-refractivity contribution in [2.75, 3.05) is 31.5 Å². The van der Waals surface area contributed by atoms with E-state index >= 15 is 0 Å². The summed E-state index contributed by atoms with van der Waals surface area (Å²) in [4.78, 5) is 20.8. The summed E-state index contributed by atoms with van der Waals surface area (Å²) in [6.45, 7) is 8.03. The molecular formula is C20H26N4O2. The van der Waals surface area contributed by atoms with Gasteiger partial charge in [0.05, 0.1) is 6.10 Å². The molecule has 26 heavy (non-hydrogen) atoms. The standard InChI is InChI=1S/C20H26N4O2/c1-16(2)26-19-7-5-18(6-8-19)22-20(25)24-12-10-23(11-13-24)15-17-4-3-9-21-14-17/h3-9,14,16H,10-13,15H2,1-2H3,(H,22,25). The van der Waals surface area contributed by atoms with Crippen LogP contribution in [-0.2, 0) is 6.54 Å². The quantitative estimate of drug-likeness (QED) is 0.896. The van der Waals surface area contributed by atoms with E-state index < -0.39 is 0 Å². The minimum atomic E-state index is -0.0523. The number of pyridine rings is 1. The number of carbonyl (C=O) groups excluding carboxylic acids is 1. The second kappa shape index (κ2) is 8.67. The molecule has 1 aliphatic rings. The molecule has 0 aliphatic carbocycles. The van der Waals surface area contributed by atoms with Crippen LogP contribution in [0.15, 0.2) is 48.8 Å². The Bertz CT molecular complexity index is 696. The molecule has 2 amide bonds. The van der Waals surface area contributed by atoms with E-state index in [-0.39, 0.29) is 12.1 Å². The third-order valence-corrected chi connectivity index (χ3v) is 4.27. The molecular weight excluding hydrogens is 328 g/mol. The minimum Gasteiger partial charge on any atom is -0.491 e. The third-order valence-electron chi connectivity index (χ3n) is 4.27. The van der Waals surface area contributed by atoms with Gasteiger partial charge in [-0.1, -0.05) is 6.07 Å². The van der Waals surface area contributed by atoms with Crippen molar-refractivity contribution in [1.82, 2.24) is 14.8 Å². The minimum absolute atomic E-state index is 0.0523. The molecule has 6 heteroatoms. The molecule has 0 atom stereocenters. The number of aromatic nitrogens is 1. The van der Waals surface area contributed by atoms with Gasteiger partial charge in [0.25, 0.3) is 0 Å². The lowest BCUT2D eigenvalue weighted by Crippen LogP contribution is -2.49. The van der Waals surface area contributed by atoms with Gasteiger partial charge in [0.15, 0.2) is 0 Å². The van der Waals surface area contributed by atoms with Crippen molar-refractivity contribution in [2.24, 2.45) is 0 Å². The molecule has 0 unspecified atom stereocenters.